The largest absolute Gasteiger partial charge is 0.475 e. The molecular weight excluding hydrogens is 639 g/mol. The molecule has 2 fully saturated rings. The van der Waals surface area contributed by atoms with Crippen LogP contribution in [0.5, 0.6) is 5.88 Å². The molecule has 10 nitrogen and oxygen atoms in total. The number of anilines is 1. The number of aromatic nitrogens is 2. The number of carbonyl (C=O) groups excluding carboxylic acids is 1. The molecule has 49 heavy (non-hydrogen) atoms. The lowest BCUT2D eigenvalue weighted by Crippen LogP contribution is -2.56. The highest BCUT2D eigenvalue weighted by Gasteiger charge is 2.46. The van der Waals surface area contributed by atoms with Crippen molar-refractivity contribution >= 4 is 21.9 Å². The lowest BCUT2D eigenvalue weighted by Gasteiger charge is -2.53. The Morgan fingerprint density at radius 1 is 1.02 bits per heavy atom. The van der Waals surface area contributed by atoms with E-state index >= 15 is 0 Å². The van der Waals surface area contributed by atoms with Crippen molar-refractivity contribution in [3.8, 4) is 17.1 Å². The minimum Gasteiger partial charge on any atom is -0.475 e. The van der Waals surface area contributed by atoms with E-state index in [-0.39, 0.29) is 52.2 Å². The average molecular weight is 690 g/mol. The lowest BCUT2D eigenvalue weighted by atomic mass is 9.63. The van der Waals surface area contributed by atoms with Crippen molar-refractivity contribution in [3.63, 3.8) is 0 Å². The molecule has 3 heterocycles. The molecule has 6 rings (SSSR count). The summed E-state index contributed by atoms with van der Waals surface area (Å²) in [5, 5.41) is 0. The van der Waals surface area contributed by atoms with Gasteiger partial charge < -0.3 is 14.4 Å². The zero-order valence-corrected chi connectivity index (χ0v) is 30.8. The monoisotopic (exact) mass is 689 g/mol. The van der Waals surface area contributed by atoms with Gasteiger partial charge in [0.1, 0.15) is 6.61 Å². The number of benzene rings is 2. The second-order valence-corrected chi connectivity index (χ2v) is 17.5. The van der Waals surface area contributed by atoms with Gasteiger partial charge in [0.05, 0.1) is 29.8 Å². The van der Waals surface area contributed by atoms with Crippen LogP contribution >= 0.6 is 0 Å². The van der Waals surface area contributed by atoms with Gasteiger partial charge in [0.25, 0.3) is 15.9 Å². The van der Waals surface area contributed by atoms with E-state index in [1.165, 1.54) is 12.1 Å². The number of sulfonamides is 1. The van der Waals surface area contributed by atoms with E-state index in [1.807, 2.05) is 36.9 Å². The van der Waals surface area contributed by atoms with E-state index in [1.54, 1.807) is 18.2 Å². The number of fused-ring (bicyclic) bond motifs is 4. The Kier molecular flexibility index (Phi) is 9.82. The summed E-state index contributed by atoms with van der Waals surface area (Å²) < 4.78 is 42.1. The van der Waals surface area contributed by atoms with E-state index < -0.39 is 10.0 Å². The average Bonchev–Trinajstić information content (AvgIpc) is 3.01. The molecule has 4 bridgehead atoms. The highest BCUT2D eigenvalue weighted by atomic mass is 32.2. The molecule has 1 aliphatic carbocycles. The van der Waals surface area contributed by atoms with Crippen LogP contribution in [-0.4, -0.2) is 85.1 Å². The number of amides is 1. The Labute approximate surface area is 291 Å². The van der Waals surface area contributed by atoms with Crippen LogP contribution < -0.4 is 9.46 Å². The molecule has 11 heteroatoms. The summed E-state index contributed by atoms with van der Waals surface area (Å²) in [6, 6.07) is 14.1. The minimum absolute atomic E-state index is 0.0274. The van der Waals surface area contributed by atoms with E-state index in [9.17, 15) is 13.2 Å². The van der Waals surface area contributed by atoms with Crippen molar-refractivity contribution in [1.82, 2.24) is 19.8 Å². The first-order chi connectivity index (χ1) is 23.1. The third kappa shape index (κ3) is 7.94. The Bertz CT molecular complexity index is 1770. The number of rotatable bonds is 6. The maximum absolute atomic E-state index is 14.7. The number of nitrogens with one attached hydrogen (secondary N) is 1. The SMILES string of the molecule is Cc1cccc(C)c1-c1cc2nc(n1)NS(=O)(=O)c1cccc(c1)C(=O)N(C(C)C[C@]1(C)C[C@@H](N3CCOCC3)C1)[C@H](CC(C)(C)C)CO2. The molecule has 264 valence electrons. The van der Waals surface area contributed by atoms with Crippen molar-refractivity contribution < 1.29 is 22.7 Å². The van der Waals surface area contributed by atoms with Crippen LogP contribution in [-0.2, 0) is 14.8 Å². The standard InChI is InChI=1S/C38H51N5O5S/c1-25-10-8-11-26(2)34(25)32-19-33-40-36(39-32)41-49(45,46)31-13-9-12-28(18-31)35(44)43(30(24-48-33)21-37(4,5)6)27(3)20-38(7)22-29(23-38)42-14-16-47-17-15-42/h8-13,18-19,27,29-30H,14-17,20-24H2,1-7H3,(H,39,40,41)/t27?,29-,30-,38-/m1/s1. The predicted octanol–water partition coefficient (Wildman–Crippen LogP) is 6.48. The molecule has 0 spiro atoms. The van der Waals surface area contributed by atoms with Crippen LogP contribution in [0.1, 0.15) is 81.8 Å². The molecule has 0 radical (unpaired) electrons. The zero-order chi connectivity index (χ0) is 35.1. The number of ether oxygens (including phenoxy) is 2. The minimum atomic E-state index is -4.14. The van der Waals surface area contributed by atoms with Crippen molar-refractivity contribution in [2.75, 3.05) is 37.6 Å². The molecule has 1 amide bonds. The topological polar surface area (TPSA) is 114 Å². The maximum atomic E-state index is 14.7. The normalized spacial score (nSPS) is 25.1. The first-order valence-electron chi connectivity index (χ1n) is 17.5. The highest BCUT2D eigenvalue weighted by molar-refractivity contribution is 7.92. The molecule has 2 atom stereocenters. The molecule has 3 aromatic rings. The molecule has 1 unspecified atom stereocenters. The van der Waals surface area contributed by atoms with Crippen molar-refractivity contribution in [1.29, 1.82) is 0 Å². The summed E-state index contributed by atoms with van der Waals surface area (Å²) in [6.07, 6.45) is 3.65. The number of hydrogen-bond acceptors (Lipinski definition) is 8. The summed E-state index contributed by atoms with van der Waals surface area (Å²) in [5.74, 6) is -0.0469. The van der Waals surface area contributed by atoms with E-state index in [2.05, 4.69) is 54.2 Å². The highest BCUT2D eigenvalue weighted by Crippen LogP contribution is 2.48. The van der Waals surface area contributed by atoms with Gasteiger partial charge in [-0.15, -0.1) is 0 Å². The fraction of sp³-hybridized carbons (Fsp3) is 0.553. The summed E-state index contributed by atoms with van der Waals surface area (Å²) in [7, 11) is -4.14. The molecule has 2 aliphatic heterocycles. The fourth-order valence-corrected chi connectivity index (χ4v) is 9.11. The molecule has 1 saturated carbocycles. The number of hydrogen-bond donors (Lipinski definition) is 1. The first-order valence-corrected chi connectivity index (χ1v) is 18.9. The first kappa shape index (κ1) is 35.3. The summed E-state index contributed by atoms with van der Waals surface area (Å²) >= 11 is 0. The van der Waals surface area contributed by atoms with Gasteiger partial charge in [-0.2, -0.15) is 4.98 Å². The lowest BCUT2D eigenvalue weighted by molar-refractivity contribution is -0.0558. The van der Waals surface area contributed by atoms with Crippen molar-refractivity contribution in [2.45, 2.75) is 97.2 Å². The van der Waals surface area contributed by atoms with Gasteiger partial charge in [-0.05, 0) is 86.6 Å². The van der Waals surface area contributed by atoms with Gasteiger partial charge in [-0.1, -0.05) is 52.0 Å². The summed E-state index contributed by atoms with van der Waals surface area (Å²) in [6.45, 7) is 18.6. The fourth-order valence-electron chi connectivity index (χ4n) is 8.12. The van der Waals surface area contributed by atoms with E-state index in [0.717, 1.165) is 62.3 Å². The zero-order valence-electron chi connectivity index (χ0n) is 30.0. The van der Waals surface area contributed by atoms with E-state index in [0.29, 0.717) is 23.7 Å². The molecule has 1 N–H and O–H groups in total. The van der Waals surface area contributed by atoms with Crippen LogP contribution in [0.2, 0.25) is 0 Å². The third-order valence-corrected chi connectivity index (χ3v) is 11.6. The number of aryl methyl sites for hydroxylation is 2. The van der Waals surface area contributed by atoms with Crippen LogP contribution in [0.15, 0.2) is 53.4 Å². The number of nitrogens with zero attached hydrogens (tertiary/aromatic N) is 4. The van der Waals surface area contributed by atoms with Gasteiger partial charge >= 0.3 is 0 Å². The smallest absolute Gasteiger partial charge is 0.264 e. The molecule has 1 aromatic heterocycles. The van der Waals surface area contributed by atoms with Gasteiger partial charge in [-0.25, -0.2) is 18.1 Å². The number of carbonyl (C=O) groups is 1. The Morgan fingerprint density at radius 3 is 2.37 bits per heavy atom. The van der Waals surface area contributed by atoms with Crippen LogP contribution in [0.3, 0.4) is 0 Å². The summed E-state index contributed by atoms with van der Waals surface area (Å²) in [5.41, 5.74) is 3.72. The Balaban J connectivity index is 1.39. The van der Waals surface area contributed by atoms with Crippen LogP contribution in [0, 0.1) is 24.7 Å². The van der Waals surface area contributed by atoms with Gasteiger partial charge in [0.15, 0.2) is 0 Å². The van der Waals surface area contributed by atoms with Crippen LogP contribution in [0.25, 0.3) is 11.3 Å². The third-order valence-electron chi connectivity index (χ3n) is 10.2. The van der Waals surface area contributed by atoms with Crippen molar-refractivity contribution in [3.05, 3.63) is 65.2 Å². The predicted molar refractivity (Wildman–Crippen MR) is 191 cm³/mol. The van der Waals surface area contributed by atoms with Crippen molar-refractivity contribution in [2.24, 2.45) is 10.8 Å². The maximum Gasteiger partial charge on any atom is 0.264 e. The molecule has 3 aliphatic rings. The quantitative estimate of drug-likeness (QED) is 0.313. The molecule has 2 aromatic carbocycles. The Morgan fingerprint density at radius 2 is 1.69 bits per heavy atom. The summed E-state index contributed by atoms with van der Waals surface area (Å²) in [4.78, 5) is 28.3. The van der Waals surface area contributed by atoms with Gasteiger partial charge in [-0.3, -0.25) is 9.69 Å². The molecular formula is C38H51N5O5S. The van der Waals surface area contributed by atoms with Crippen LogP contribution in [0.4, 0.5) is 5.95 Å². The van der Waals surface area contributed by atoms with E-state index in [4.69, 9.17) is 9.47 Å². The molecule has 1 saturated heterocycles. The second kappa shape index (κ2) is 13.6. The van der Waals surface area contributed by atoms with Gasteiger partial charge in [0, 0.05) is 42.4 Å². The second-order valence-electron chi connectivity index (χ2n) is 15.8. The Hall–Kier alpha value is -3.54. The van der Waals surface area contributed by atoms with Gasteiger partial charge in [0.2, 0.25) is 11.8 Å². The number of morpholine rings is 1.